The van der Waals surface area contributed by atoms with E-state index in [9.17, 15) is 8.42 Å². The summed E-state index contributed by atoms with van der Waals surface area (Å²) in [5.41, 5.74) is 5.66. The van der Waals surface area contributed by atoms with Gasteiger partial charge in [-0.15, -0.1) is 0 Å². The Bertz CT molecular complexity index is 394. The van der Waals surface area contributed by atoms with E-state index in [2.05, 4.69) is 11.0 Å². The lowest BCUT2D eigenvalue weighted by Crippen LogP contribution is -2.52. The lowest BCUT2D eigenvalue weighted by Gasteiger charge is -2.35. The maximum atomic E-state index is 12.5. The molecule has 2 unspecified atom stereocenters. The predicted molar refractivity (Wildman–Crippen MR) is 85.0 cm³/mol. The average Bonchev–Trinajstić information content (AvgIpc) is 2.47. The minimum atomic E-state index is -3.33. The molecule has 0 spiro atoms. The van der Waals surface area contributed by atoms with E-state index in [-0.39, 0.29) is 6.04 Å². The molecule has 7 heteroatoms. The second-order valence-electron chi connectivity index (χ2n) is 5.87. The van der Waals surface area contributed by atoms with Crippen LogP contribution in [-0.4, -0.2) is 49.9 Å². The van der Waals surface area contributed by atoms with Gasteiger partial charge in [0.2, 0.25) is 0 Å². The van der Waals surface area contributed by atoms with Crippen LogP contribution in [0.2, 0.25) is 0 Å². The number of piperidine rings is 1. The van der Waals surface area contributed by atoms with Crippen LogP contribution in [0.5, 0.6) is 0 Å². The Labute approximate surface area is 127 Å². The smallest absolute Gasteiger partial charge is 0.279 e. The van der Waals surface area contributed by atoms with E-state index >= 15 is 0 Å². The third kappa shape index (κ3) is 4.10. The molecule has 2 aliphatic rings. The SMILES string of the molecule is CSC1CCCCC1NS(=O)(=O)N1CCC(CN)CC1. The first-order valence-corrected chi connectivity index (χ1v) is 10.3. The van der Waals surface area contributed by atoms with Gasteiger partial charge in [0, 0.05) is 24.4 Å². The van der Waals surface area contributed by atoms with Crippen LogP contribution in [0, 0.1) is 5.92 Å². The molecule has 2 rings (SSSR count). The first kappa shape index (κ1) is 16.5. The highest BCUT2D eigenvalue weighted by molar-refractivity contribution is 7.99. The van der Waals surface area contributed by atoms with Crippen molar-refractivity contribution in [2.24, 2.45) is 11.7 Å². The Balaban J connectivity index is 1.93. The van der Waals surface area contributed by atoms with Gasteiger partial charge in [0.25, 0.3) is 10.2 Å². The van der Waals surface area contributed by atoms with Crippen molar-refractivity contribution >= 4 is 22.0 Å². The third-order valence-corrected chi connectivity index (χ3v) is 7.37. The van der Waals surface area contributed by atoms with Gasteiger partial charge in [-0.3, -0.25) is 0 Å². The Hall–Kier alpha value is 0.180. The van der Waals surface area contributed by atoms with Crippen molar-refractivity contribution in [2.75, 3.05) is 25.9 Å². The largest absolute Gasteiger partial charge is 0.330 e. The van der Waals surface area contributed by atoms with E-state index in [4.69, 9.17) is 5.73 Å². The minimum absolute atomic E-state index is 0.0935. The number of nitrogens with one attached hydrogen (secondary N) is 1. The molecule has 5 nitrogen and oxygen atoms in total. The monoisotopic (exact) mass is 321 g/mol. The fourth-order valence-corrected chi connectivity index (χ4v) is 5.69. The molecule has 3 N–H and O–H groups in total. The number of rotatable bonds is 5. The second-order valence-corrected chi connectivity index (χ2v) is 8.65. The highest BCUT2D eigenvalue weighted by Crippen LogP contribution is 2.28. The molecule has 1 saturated carbocycles. The molecule has 20 heavy (non-hydrogen) atoms. The normalized spacial score (nSPS) is 30.5. The van der Waals surface area contributed by atoms with Crippen LogP contribution >= 0.6 is 11.8 Å². The zero-order chi connectivity index (χ0) is 14.6. The van der Waals surface area contributed by atoms with E-state index in [0.717, 1.165) is 32.1 Å². The maximum absolute atomic E-state index is 12.5. The molecule has 0 aromatic heterocycles. The third-order valence-electron chi connectivity index (χ3n) is 4.55. The first-order valence-electron chi connectivity index (χ1n) is 7.57. The van der Waals surface area contributed by atoms with Gasteiger partial charge in [0.05, 0.1) is 0 Å². The number of hydrogen-bond donors (Lipinski definition) is 2. The standard InChI is InChI=1S/C13H27N3O2S2/c1-19-13-5-3-2-4-12(13)15-20(17,18)16-8-6-11(10-14)7-9-16/h11-13,15H,2-10,14H2,1H3. The summed E-state index contributed by atoms with van der Waals surface area (Å²) < 4.78 is 29.5. The molecule has 2 atom stereocenters. The van der Waals surface area contributed by atoms with Crippen LogP contribution in [0.1, 0.15) is 38.5 Å². The Morgan fingerprint density at radius 3 is 2.45 bits per heavy atom. The molecule has 0 amide bonds. The maximum Gasteiger partial charge on any atom is 0.279 e. The molecule has 0 bridgehead atoms. The van der Waals surface area contributed by atoms with Crippen molar-refractivity contribution in [3.8, 4) is 0 Å². The Morgan fingerprint density at radius 2 is 1.85 bits per heavy atom. The molecule has 2 fully saturated rings. The van der Waals surface area contributed by atoms with Crippen molar-refractivity contribution in [2.45, 2.75) is 49.8 Å². The Kier molecular flexibility index (Phi) is 6.16. The van der Waals surface area contributed by atoms with E-state index in [1.165, 1.54) is 6.42 Å². The quantitative estimate of drug-likeness (QED) is 0.797. The topological polar surface area (TPSA) is 75.4 Å². The second kappa shape index (κ2) is 7.45. The zero-order valence-electron chi connectivity index (χ0n) is 12.3. The summed E-state index contributed by atoms with van der Waals surface area (Å²) in [5, 5.41) is 0.417. The summed E-state index contributed by atoms with van der Waals surface area (Å²) >= 11 is 1.78. The summed E-state index contributed by atoms with van der Waals surface area (Å²) in [5.74, 6) is 0.482. The van der Waals surface area contributed by atoms with Crippen LogP contribution in [0.4, 0.5) is 0 Å². The van der Waals surface area contributed by atoms with Crippen molar-refractivity contribution in [1.82, 2.24) is 9.03 Å². The van der Waals surface area contributed by atoms with Gasteiger partial charge in [0.1, 0.15) is 0 Å². The van der Waals surface area contributed by atoms with Crippen LogP contribution in [-0.2, 0) is 10.2 Å². The molecule has 0 aromatic rings. The summed E-state index contributed by atoms with van der Waals surface area (Å²) in [4.78, 5) is 0. The molecule has 1 aliphatic heterocycles. The lowest BCUT2D eigenvalue weighted by molar-refractivity contribution is 0.272. The molecular formula is C13H27N3O2S2. The molecular weight excluding hydrogens is 294 g/mol. The van der Waals surface area contributed by atoms with Gasteiger partial charge in [-0.05, 0) is 44.4 Å². The molecule has 0 radical (unpaired) electrons. The van der Waals surface area contributed by atoms with Gasteiger partial charge in [-0.25, -0.2) is 0 Å². The van der Waals surface area contributed by atoms with Crippen molar-refractivity contribution in [3.63, 3.8) is 0 Å². The fraction of sp³-hybridized carbons (Fsp3) is 1.00. The summed E-state index contributed by atoms with van der Waals surface area (Å²) in [6.45, 7) is 1.88. The first-order chi connectivity index (χ1) is 9.56. The van der Waals surface area contributed by atoms with E-state index < -0.39 is 10.2 Å². The van der Waals surface area contributed by atoms with Gasteiger partial charge in [0.15, 0.2) is 0 Å². The fourth-order valence-electron chi connectivity index (χ4n) is 3.16. The highest BCUT2D eigenvalue weighted by atomic mass is 32.2. The van der Waals surface area contributed by atoms with E-state index in [1.54, 1.807) is 16.1 Å². The van der Waals surface area contributed by atoms with Crippen LogP contribution in [0.15, 0.2) is 0 Å². The van der Waals surface area contributed by atoms with Crippen LogP contribution < -0.4 is 10.5 Å². The molecule has 1 saturated heterocycles. The molecule has 118 valence electrons. The average molecular weight is 322 g/mol. The van der Waals surface area contributed by atoms with Gasteiger partial charge < -0.3 is 5.73 Å². The minimum Gasteiger partial charge on any atom is -0.330 e. The number of nitrogens with two attached hydrogens (primary N) is 1. The number of thioether (sulfide) groups is 1. The van der Waals surface area contributed by atoms with Crippen LogP contribution in [0.25, 0.3) is 0 Å². The molecule has 1 aliphatic carbocycles. The Morgan fingerprint density at radius 1 is 1.20 bits per heavy atom. The van der Waals surface area contributed by atoms with Crippen molar-refractivity contribution < 1.29 is 8.42 Å². The van der Waals surface area contributed by atoms with E-state index in [0.29, 0.717) is 30.8 Å². The lowest BCUT2D eigenvalue weighted by atomic mass is 9.96. The zero-order valence-corrected chi connectivity index (χ0v) is 13.9. The highest BCUT2D eigenvalue weighted by Gasteiger charge is 2.33. The van der Waals surface area contributed by atoms with Crippen molar-refractivity contribution in [1.29, 1.82) is 0 Å². The van der Waals surface area contributed by atoms with Gasteiger partial charge >= 0.3 is 0 Å². The molecule has 0 aromatic carbocycles. The van der Waals surface area contributed by atoms with Gasteiger partial charge in [-0.1, -0.05) is 12.8 Å². The summed E-state index contributed by atoms with van der Waals surface area (Å²) in [6, 6.07) is 0.0935. The predicted octanol–water partition coefficient (Wildman–Crippen LogP) is 1.17. The van der Waals surface area contributed by atoms with Crippen molar-refractivity contribution in [3.05, 3.63) is 0 Å². The van der Waals surface area contributed by atoms with Crippen LogP contribution in [0.3, 0.4) is 0 Å². The summed E-state index contributed by atoms with van der Waals surface area (Å²) in [7, 11) is -3.33. The number of hydrogen-bond acceptors (Lipinski definition) is 4. The summed E-state index contributed by atoms with van der Waals surface area (Å²) in [6.07, 6.45) is 8.25. The van der Waals surface area contributed by atoms with Gasteiger partial charge in [-0.2, -0.15) is 29.2 Å². The van der Waals surface area contributed by atoms with E-state index in [1.807, 2.05) is 0 Å². The number of nitrogens with zero attached hydrogens (tertiary/aromatic N) is 1. The molecule has 1 heterocycles.